The van der Waals surface area contributed by atoms with Crippen molar-refractivity contribution in [1.29, 1.82) is 0 Å². The molecule has 1 amide bonds. The van der Waals surface area contributed by atoms with Crippen LogP contribution in [0.2, 0.25) is 0 Å². The van der Waals surface area contributed by atoms with Crippen LogP contribution in [0.4, 0.5) is 0 Å². The highest BCUT2D eigenvalue weighted by molar-refractivity contribution is 5.93. The number of aromatic amines is 1. The summed E-state index contributed by atoms with van der Waals surface area (Å²) in [5.41, 5.74) is 0.127. The number of pyridine rings is 1. The van der Waals surface area contributed by atoms with Crippen LogP contribution >= 0.6 is 0 Å². The van der Waals surface area contributed by atoms with Crippen molar-refractivity contribution < 1.29 is 9.90 Å². The lowest BCUT2D eigenvalue weighted by molar-refractivity contribution is 0.0914. The van der Waals surface area contributed by atoms with Gasteiger partial charge in [-0.25, -0.2) is 0 Å². The van der Waals surface area contributed by atoms with Gasteiger partial charge in [0.25, 0.3) is 5.91 Å². The molecule has 1 rings (SSSR count). The van der Waals surface area contributed by atoms with E-state index in [4.69, 9.17) is 5.11 Å². The number of hydrogen-bond donors (Lipinski definition) is 3. The highest BCUT2D eigenvalue weighted by Crippen LogP contribution is 1.96. The number of aliphatic hydroxyl groups is 1. The predicted octanol–water partition coefficient (Wildman–Crippen LogP) is -0.124. The van der Waals surface area contributed by atoms with E-state index in [1.165, 1.54) is 18.3 Å². The van der Waals surface area contributed by atoms with Crippen LogP contribution in [0, 0.1) is 0 Å². The Morgan fingerprint density at radius 1 is 1.60 bits per heavy atom. The lowest BCUT2D eigenvalue weighted by Gasteiger charge is -2.13. The van der Waals surface area contributed by atoms with Crippen LogP contribution in [0.3, 0.4) is 0 Å². The van der Waals surface area contributed by atoms with Gasteiger partial charge in [0.1, 0.15) is 0 Å². The molecule has 0 bridgehead atoms. The summed E-state index contributed by atoms with van der Waals surface area (Å²) >= 11 is 0. The summed E-state index contributed by atoms with van der Waals surface area (Å²) in [4.78, 5) is 24.7. The van der Waals surface area contributed by atoms with Gasteiger partial charge in [0, 0.05) is 12.3 Å². The number of aromatic nitrogens is 1. The largest absolute Gasteiger partial charge is 0.394 e. The number of aliphatic hydroxyl groups excluding tert-OH is 1. The normalized spacial score (nSPS) is 12.1. The predicted molar refractivity (Wildman–Crippen MR) is 55.7 cm³/mol. The van der Waals surface area contributed by atoms with Crippen LogP contribution in [0.15, 0.2) is 23.1 Å². The molecule has 1 heterocycles. The van der Waals surface area contributed by atoms with E-state index >= 15 is 0 Å². The number of carbonyl (C=O) groups excluding carboxylic acids is 1. The SMILES string of the molecule is CC[C@@H](CO)NC(=O)c1ccc(=O)[nH]c1. The summed E-state index contributed by atoms with van der Waals surface area (Å²) < 4.78 is 0. The second-order valence-electron chi connectivity index (χ2n) is 3.20. The minimum absolute atomic E-state index is 0.0917. The minimum Gasteiger partial charge on any atom is -0.394 e. The highest BCUT2D eigenvalue weighted by Gasteiger charge is 2.10. The van der Waals surface area contributed by atoms with Crippen LogP contribution in [-0.2, 0) is 0 Å². The van der Waals surface area contributed by atoms with Crippen molar-refractivity contribution in [2.24, 2.45) is 0 Å². The molecule has 0 aliphatic rings. The molecule has 1 aromatic heterocycles. The van der Waals surface area contributed by atoms with E-state index in [0.29, 0.717) is 12.0 Å². The molecule has 82 valence electrons. The Bertz CT molecular complexity index is 362. The average molecular weight is 210 g/mol. The molecule has 0 spiro atoms. The van der Waals surface area contributed by atoms with Crippen LogP contribution in [0.5, 0.6) is 0 Å². The molecular weight excluding hydrogens is 196 g/mol. The highest BCUT2D eigenvalue weighted by atomic mass is 16.3. The van der Waals surface area contributed by atoms with E-state index in [2.05, 4.69) is 10.3 Å². The smallest absolute Gasteiger partial charge is 0.253 e. The summed E-state index contributed by atoms with van der Waals surface area (Å²) in [7, 11) is 0. The fraction of sp³-hybridized carbons (Fsp3) is 0.400. The second kappa shape index (κ2) is 5.31. The summed E-state index contributed by atoms with van der Waals surface area (Å²) in [5, 5.41) is 11.5. The van der Waals surface area contributed by atoms with Crippen LogP contribution < -0.4 is 10.9 Å². The molecular formula is C10H14N2O3. The molecule has 0 aliphatic heterocycles. The van der Waals surface area contributed by atoms with Crippen molar-refractivity contribution in [1.82, 2.24) is 10.3 Å². The monoisotopic (exact) mass is 210 g/mol. The molecule has 5 nitrogen and oxygen atoms in total. The standard InChI is InChI=1S/C10H14N2O3/c1-2-8(6-13)12-10(15)7-3-4-9(14)11-5-7/h3-5,8,13H,2,6H2,1H3,(H,11,14)(H,12,15)/t8-/m0/s1. The second-order valence-corrected chi connectivity index (χ2v) is 3.20. The zero-order valence-electron chi connectivity index (χ0n) is 8.49. The summed E-state index contributed by atoms with van der Waals surface area (Å²) in [6, 6.07) is 2.48. The Balaban J connectivity index is 2.68. The molecule has 0 radical (unpaired) electrons. The maximum atomic E-state index is 11.5. The van der Waals surface area contributed by atoms with E-state index in [0.717, 1.165) is 0 Å². The van der Waals surface area contributed by atoms with Gasteiger partial charge in [0.05, 0.1) is 18.2 Å². The van der Waals surface area contributed by atoms with Gasteiger partial charge in [-0.3, -0.25) is 9.59 Å². The van der Waals surface area contributed by atoms with E-state index in [1.54, 1.807) is 0 Å². The molecule has 1 atom stereocenters. The Hall–Kier alpha value is -1.62. The minimum atomic E-state index is -0.299. The maximum absolute atomic E-state index is 11.5. The van der Waals surface area contributed by atoms with Gasteiger partial charge >= 0.3 is 0 Å². The van der Waals surface area contributed by atoms with Gasteiger partial charge in [-0.05, 0) is 12.5 Å². The van der Waals surface area contributed by atoms with Crippen LogP contribution in [0.1, 0.15) is 23.7 Å². The fourth-order valence-electron chi connectivity index (χ4n) is 1.10. The van der Waals surface area contributed by atoms with Crippen molar-refractivity contribution >= 4 is 5.91 Å². The van der Waals surface area contributed by atoms with Gasteiger partial charge in [0.2, 0.25) is 5.56 Å². The molecule has 15 heavy (non-hydrogen) atoms. The molecule has 0 saturated carbocycles. The zero-order valence-corrected chi connectivity index (χ0v) is 8.49. The van der Waals surface area contributed by atoms with Crippen molar-refractivity contribution in [2.75, 3.05) is 6.61 Å². The molecule has 5 heteroatoms. The lowest BCUT2D eigenvalue weighted by Crippen LogP contribution is -2.37. The molecule has 0 aliphatic carbocycles. The number of H-pyrrole nitrogens is 1. The Kier molecular flexibility index (Phi) is 4.05. The summed E-state index contributed by atoms with van der Waals surface area (Å²) in [5.74, 6) is -0.299. The number of rotatable bonds is 4. The van der Waals surface area contributed by atoms with Gasteiger partial charge in [-0.2, -0.15) is 0 Å². The third-order valence-corrected chi connectivity index (χ3v) is 2.09. The first-order valence-corrected chi connectivity index (χ1v) is 4.77. The first-order valence-electron chi connectivity index (χ1n) is 4.77. The summed E-state index contributed by atoms with van der Waals surface area (Å²) in [6.07, 6.45) is 2.01. The van der Waals surface area contributed by atoms with Crippen molar-refractivity contribution in [3.63, 3.8) is 0 Å². The number of amides is 1. The van der Waals surface area contributed by atoms with E-state index < -0.39 is 0 Å². The molecule has 0 unspecified atom stereocenters. The molecule has 1 aromatic rings. The molecule has 0 saturated heterocycles. The first-order chi connectivity index (χ1) is 7.17. The zero-order chi connectivity index (χ0) is 11.3. The summed E-state index contributed by atoms with van der Waals surface area (Å²) in [6.45, 7) is 1.78. The van der Waals surface area contributed by atoms with E-state index in [9.17, 15) is 9.59 Å². The van der Waals surface area contributed by atoms with Crippen molar-refractivity contribution in [2.45, 2.75) is 19.4 Å². The van der Waals surface area contributed by atoms with Crippen molar-refractivity contribution in [3.8, 4) is 0 Å². The average Bonchev–Trinajstić information content (AvgIpc) is 2.26. The van der Waals surface area contributed by atoms with Gasteiger partial charge in [0.15, 0.2) is 0 Å². The number of hydrogen-bond acceptors (Lipinski definition) is 3. The third-order valence-electron chi connectivity index (χ3n) is 2.09. The topological polar surface area (TPSA) is 82.2 Å². The first kappa shape index (κ1) is 11.5. The number of carbonyl (C=O) groups is 1. The van der Waals surface area contributed by atoms with Crippen LogP contribution in [-0.4, -0.2) is 28.6 Å². The molecule has 0 fully saturated rings. The molecule has 0 aromatic carbocycles. The quantitative estimate of drug-likeness (QED) is 0.647. The van der Waals surface area contributed by atoms with Crippen LogP contribution in [0.25, 0.3) is 0 Å². The van der Waals surface area contributed by atoms with E-state index in [-0.39, 0.29) is 24.1 Å². The van der Waals surface area contributed by atoms with E-state index in [1.807, 2.05) is 6.92 Å². The maximum Gasteiger partial charge on any atom is 0.253 e. The Morgan fingerprint density at radius 3 is 2.80 bits per heavy atom. The van der Waals surface area contributed by atoms with Gasteiger partial charge < -0.3 is 15.4 Å². The third kappa shape index (κ3) is 3.21. The Morgan fingerprint density at radius 2 is 2.33 bits per heavy atom. The lowest BCUT2D eigenvalue weighted by atomic mass is 10.2. The fourth-order valence-corrected chi connectivity index (χ4v) is 1.10. The van der Waals surface area contributed by atoms with Gasteiger partial charge in [-0.15, -0.1) is 0 Å². The number of nitrogens with one attached hydrogen (secondary N) is 2. The Labute approximate surface area is 87.1 Å². The molecule has 3 N–H and O–H groups in total. The van der Waals surface area contributed by atoms with Crippen molar-refractivity contribution in [3.05, 3.63) is 34.2 Å². The van der Waals surface area contributed by atoms with Gasteiger partial charge in [-0.1, -0.05) is 6.92 Å².